The van der Waals surface area contributed by atoms with Crippen molar-refractivity contribution >= 4 is 17.5 Å². The fourth-order valence-corrected chi connectivity index (χ4v) is 2.39. The number of hydrogen-bond donors (Lipinski definition) is 3. The molecule has 118 valence electrons. The highest BCUT2D eigenvalue weighted by Crippen LogP contribution is 2.24. The van der Waals surface area contributed by atoms with Crippen LogP contribution in [0.25, 0.3) is 0 Å². The molecule has 1 saturated carbocycles. The smallest absolute Gasteiger partial charge is 0.248 e. The maximum atomic E-state index is 12.6. The van der Waals surface area contributed by atoms with Crippen LogP contribution >= 0.6 is 0 Å². The van der Waals surface area contributed by atoms with Gasteiger partial charge in [-0.3, -0.25) is 9.59 Å². The van der Waals surface area contributed by atoms with Gasteiger partial charge in [0.05, 0.1) is 0 Å². The Balaban J connectivity index is 1.84. The average molecular weight is 309 g/mol. The van der Waals surface area contributed by atoms with Crippen LogP contribution in [0.3, 0.4) is 0 Å². The molecule has 1 fully saturated rings. The Bertz CT molecular complexity index is 711. The number of nitrogens with one attached hydrogen (secondary N) is 2. The SMILES string of the molecule is NC(=O)c1cccc(N[C@@H](C(=O)NC2CC2)c2ccccc2)c1. The minimum atomic E-state index is -0.514. The van der Waals surface area contributed by atoms with Crippen molar-refractivity contribution in [3.05, 3.63) is 65.7 Å². The zero-order chi connectivity index (χ0) is 16.2. The summed E-state index contributed by atoms with van der Waals surface area (Å²) in [6.07, 6.45) is 2.06. The molecule has 0 bridgehead atoms. The maximum absolute atomic E-state index is 12.6. The van der Waals surface area contributed by atoms with E-state index in [0.717, 1.165) is 18.4 Å². The largest absolute Gasteiger partial charge is 0.370 e. The first-order valence-corrected chi connectivity index (χ1v) is 7.65. The Morgan fingerprint density at radius 3 is 2.43 bits per heavy atom. The second-order valence-electron chi connectivity index (χ2n) is 5.72. The topological polar surface area (TPSA) is 84.2 Å². The summed E-state index contributed by atoms with van der Waals surface area (Å²) in [4.78, 5) is 23.9. The molecule has 23 heavy (non-hydrogen) atoms. The van der Waals surface area contributed by atoms with Gasteiger partial charge in [-0.15, -0.1) is 0 Å². The summed E-state index contributed by atoms with van der Waals surface area (Å²) in [5, 5.41) is 6.22. The lowest BCUT2D eigenvalue weighted by Crippen LogP contribution is -2.34. The Morgan fingerprint density at radius 2 is 1.78 bits per heavy atom. The van der Waals surface area contributed by atoms with Crippen molar-refractivity contribution in [3.63, 3.8) is 0 Å². The summed E-state index contributed by atoms with van der Waals surface area (Å²) in [7, 11) is 0. The van der Waals surface area contributed by atoms with E-state index in [-0.39, 0.29) is 11.9 Å². The molecule has 1 aliphatic carbocycles. The Kier molecular flexibility index (Phi) is 4.28. The zero-order valence-electron chi connectivity index (χ0n) is 12.7. The molecule has 0 aromatic heterocycles. The van der Waals surface area contributed by atoms with Crippen LogP contribution in [0.4, 0.5) is 5.69 Å². The molecule has 2 amide bonds. The van der Waals surface area contributed by atoms with Crippen LogP contribution in [0.2, 0.25) is 0 Å². The van der Waals surface area contributed by atoms with Crippen LogP contribution in [0, 0.1) is 0 Å². The van der Waals surface area contributed by atoms with E-state index < -0.39 is 11.9 Å². The molecule has 0 unspecified atom stereocenters. The molecular formula is C18H19N3O2. The molecule has 1 aliphatic rings. The van der Waals surface area contributed by atoms with Crippen molar-refractivity contribution in [3.8, 4) is 0 Å². The lowest BCUT2D eigenvalue weighted by Gasteiger charge is -2.20. The Labute approximate surface area is 134 Å². The van der Waals surface area contributed by atoms with E-state index in [2.05, 4.69) is 10.6 Å². The van der Waals surface area contributed by atoms with Crippen LogP contribution in [-0.4, -0.2) is 17.9 Å². The van der Waals surface area contributed by atoms with Gasteiger partial charge in [-0.25, -0.2) is 0 Å². The van der Waals surface area contributed by atoms with Gasteiger partial charge in [0.25, 0.3) is 0 Å². The number of amides is 2. The van der Waals surface area contributed by atoms with Crippen molar-refractivity contribution in [2.75, 3.05) is 5.32 Å². The summed E-state index contributed by atoms with van der Waals surface area (Å²) in [5.41, 5.74) is 7.27. The highest BCUT2D eigenvalue weighted by Gasteiger charge is 2.28. The Morgan fingerprint density at radius 1 is 1.04 bits per heavy atom. The lowest BCUT2D eigenvalue weighted by molar-refractivity contribution is -0.122. The van der Waals surface area contributed by atoms with E-state index in [4.69, 9.17) is 5.73 Å². The third-order valence-corrected chi connectivity index (χ3v) is 3.78. The predicted molar refractivity (Wildman–Crippen MR) is 88.9 cm³/mol. The molecule has 1 atom stereocenters. The fraction of sp³-hybridized carbons (Fsp3) is 0.222. The minimum Gasteiger partial charge on any atom is -0.370 e. The normalized spacial score (nSPS) is 14.8. The third-order valence-electron chi connectivity index (χ3n) is 3.78. The molecule has 3 rings (SSSR count). The van der Waals surface area contributed by atoms with Gasteiger partial charge in [0, 0.05) is 17.3 Å². The highest BCUT2D eigenvalue weighted by atomic mass is 16.2. The van der Waals surface area contributed by atoms with E-state index >= 15 is 0 Å². The number of rotatable bonds is 6. The van der Waals surface area contributed by atoms with Gasteiger partial charge in [-0.05, 0) is 36.6 Å². The summed E-state index contributed by atoms with van der Waals surface area (Å²) in [5.74, 6) is -0.560. The van der Waals surface area contributed by atoms with Crippen molar-refractivity contribution in [1.29, 1.82) is 0 Å². The van der Waals surface area contributed by atoms with Crippen LogP contribution in [0.5, 0.6) is 0 Å². The molecule has 0 heterocycles. The molecular weight excluding hydrogens is 290 g/mol. The molecule has 0 radical (unpaired) electrons. The number of benzene rings is 2. The molecule has 0 saturated heterocycles. The number of anilines is 1. The van der Waals surface area contributed by atoms with Crippen molar-refractivity contribution in [2.24, 2.45) is 5.73 Å². The fourth-order valence-electron chi connectivity index (χ4n) is 2.39. The van der Waals surface area contributed by atoms with Gasteiger partial charge >= 0.3 is 0 Å². The van der Waals surface area contributed by atoms with Gasteiger partial charge in [0.2, 0.25) is 11.8 Å². The van der Waals surface area contributed by atoms with Crippen LogP contribution < -0.4 is 16.4 Å². The first-order valence-electron chi connectivity index (χ1n) is 7.65. The van der Waals surface area contributed by atoms with Crippen LogP contribution in [0.15, 0.2) is 54.6 Å². The third kappa shape index (κ3) is 3.88. The van der Waals surface area contributed by atoms with Gasteiger partial charge in [-0.2, -0.15) is 0 Å². The van der Waals surface area contributed by atoms with Gasteiger partial charge in [0.1, 0.15) is 6.04 Å². The molecule has 0 spiro atoms. The van der Waals surface area contributed by atoms with E-state index in [0.29, 0.717) is 11.3 Å². The number of hydrogen-bond acceptors (Lipinski definition) is 3. The molecule has 5 nitrogen and oxygen atoms in total. The maximum Gasteiger partial charge on any atom is 0.248 e. The summed E-state index contributed by atoms with van der Waals surface area (Å²) >= 11 is 0. The van der Waals surface area contributed by atoms with E-state index in [1.54, 1.807) is 18.2 Å². The van der Waals surface area contributed by atoms with Gasteiger partial charge < -0.3 is 16.4 Å². The summed E-state index contributed by atoms with van der Waals surface area (Å²) in [6.45, 7) is 0. The second kappa shape index (κ2) is 6.52. The minimum absolute atomic E-state index is 0.0665. The number of carbonyl (C=O) groups is 2. The van der Waals surface area contributed by atoms with Crippen molar-refractivity contribution in [2.45, 2.75) is 24.9 Å². The molecule has 0 aliphatic heterocycles. The predicted octanol–water partition coefficient (Wildman–Crippen LogP) is 2.22. The average Bonchev–Trinajstić information content (AvgIpc) is 3.37. The van der Waals surface area contributed by atoms with Gasteiger partial charge in [-0.1, -0.05) is 36.4 Å². The molecule has 4 N–H and O–H groups in total. The number of primary amides is 1. The standard InChI is InChI=1S/C18H19N3O2/c19-17(22)13-7-4-8-15(11-13)20-16(12-5-2-1-3-6-12)18(23)21-14-9-10-14/h1-8,11,14,16,20H,9-10H2,(H2,19,22)(H,21,23)/t16-/m1/s1. The molecule has 2 aromatic rings. The first kappa shape index (κ1) is 15.1. The number of nitrogens with two attached hydrogens (primary N) is 1. The van der Waals surface area contributed by atoms with E-state index in [1.165, 1.54) is 0 Å². The quantitative estimate of drug-likeness (QED) is 0.765. The van der Waals surface area contributed by atoms with Crippen molar-refractivity contribution in [1.82, 2.24) is 5.32 Å². The highest BCUT2D eigenvalue weighted by molar-refractivity contribution is 5.94. The van der Waals surface area contributed by atoms with E-state index in [9.17, 15) is 9.59 Å². The van der Waals surface area contributed by atoms with Crippen molar-refractivity contribution < 1.29 is 9.59 Å². The lowest BCUT2D eigenvalue weighted by atomic mass is 10.1. The summed E-state index contributed by atoms with van der Waals surface area (Å²) in [6, 6.07) is 16.1. The first-order chi connectivity index (χ1) is 11.1. The Hall–Kier alpha value is -2.82. The van der Waals surface area contributed by atoms with Gasteiger partial charge in [0.15, 0.2) is 0 Å². The van der Waals surface area contributed by atoms with E-state index in [1.807, 2.05) is 36.4 Å². The molecule has 2 aromatic carbocycles. The summed E-state index contributed by atoms with van der Waals surface area (Å²) < 4.78 is 0. The van der Waals surface area contributed by atoms with Crippen LogP contribution in [0.1, 0.15) is 34.8 Å². The number of carbonyl (C=O) groups excluding carboxylic acids is 2. The van der Waals surface area contributed by atoms with Crippen LogP contribution in [-0.2, 0) is 4.79 Å². The molecule has 5 heteroatoms. The zero-order valence-corrected chi connectivity index (χ0v) is 12.7. The second-order valence-corrected chi connectivity index (χ2v) is 5.72. The monoisotopic (exact) mass is 309 g/mol.